The van der Waals surface area contributed by atoms with Crippen molar-refractivity contribution in [3.8, 4) is 0 Å². The average Bonchev–Trinajstić information content (AvgIpc) is 3.43. The second kappa shape index (κ2) is 65.1. The maximum atomic E-state index is 12.9. The second-order valence-corrected chi connectivity index (χ2v) is 22.0. The van der Waals surface area contributed by atoms with Crippen LogP contribution in [-0.4, -0.2) is 37.2 Å². The molecule has 0 N–H and O–H groups in total. The first-order valence-electron chi connectivity index (χ1n) is 33.1. The fourth-order valence-corrected chi connectivity index (χ4v) is 9.44. The van der Waals surface area contributed by atoms with Crippen LogP contribution in [0.25, 0.3) is 0 Å². The number of rotatable bonds is 60. The summed E-state index contributed by atoms with van der Waals surface area (Å²) in [7, 11) is 0. The number of ether oxygens (including phenoxy) is 3. The Morgan fingerprint density at radius 1 is 0.273 bits per heavy atom. The molecule has 0 aromatic rings. The predicted octanol–water partition coefficient (Wildman–Crippen LogP) is 22.7. The molecule has 0 saturated carbocycles. The molecule has 0 fully saturated rings. The normalized spacial score (nSPS) is 12.6. The Bertz CT molecular complexity index is 1470. The molecule has 0 rings (SSSR count). The van der Waals surface area contributed by atoms with Gasteiger partial charge in [-0.15, -0.1) is 0 Å². The van der Waals surface area contributed by atoms with Crippen molar-refractivity contribution < 1.29 is 28.6 Å². The first-order valence-corrected chi connectivity index (χ1v) is 33.1. The van der Waals surface area contributed by atoms with Crippen molar-refractivity contribution in [2.24, 2.45) is 0 Å². The van der Waals surface area contributed by atoms with Crippen LogP contribution in [0.1, 0.15) is 329 Å². The minimum Gasteiger partial charge on any atom is -0.462 e. The molecule has 0 aliphatic rings. The average molecular weight is 1070 g/mol. The van der Waals surface area contributed by atoms with E-state index in [9.17, 15) is 14.4 Å². The Kier molecular flexibility index (Phi) is 62.2. The van der Waals surface area contributed by atoms with E-state index in [0.29, 0.717) is 19.3 Å². The molecule has 1 atom stereocenters. The summed E-state index contributed by atoms with van der Waals surface area (Å²) in [5, 5.41) is 0. The van der Waals surface area contributed by atoms with Gasteiger partial charge in [-0.25, -0.2) is 0 Å². The summed E-state index contributed by atoms with van der Waals surface area (Å²) in [5.41, 5.74) is 0. The number of carbonyl (C=O) groups excluding carboxylic acids is 3. The Morgan fingerprint density at radius 2 is 0.506 bits per heavy atom. The smallest absolute Gasteiger partial charge is 0.306 e. The molecular formula is C71H124O6. The molecule has 6 heteroatoms. The van der Waals surface area contributed by atoms with E-state index in [2.05, 4.69) is 106 Å². The zero-order valence-corrected chi connectivity index (χ0v) is 51.0. The van der Waals surface area contributed by atoms with Crippen molar-refractivity contribution in [3.63, 3.8) is 0 Å². The third-order valence-corrected chi connectivity index (χ3v) is 14.4. The largest absolute Gasteiger partial charge is 0.462 e. The van der Waals surface area contributed by atoms with Gasteiger partial charge in [0.2, 0.25) is 0 Å². The van der Waals surface area contributed by atoms with Crippen molar-refractivity contribution in [2.75, 3.05) is 13.2 Å². The van der Waals surface area contributed by atoms with Gasteiger partial charge in [-0.3, -0.25) is 14.4 Å². The van der Waals surface area contributed by atoms with E-state index in [-0.39, 0.29) is 31.1 Å². The van der Waals surface area contributed by atoms with Gasteiger partial charge >= 0.3 is 17.9 Å². The highest BCUT2D eigenvalue weighted by molar-refractivity contribution is 5.71. The van der Waals surface area contributed by atoms with Crippen LogP contribution in [-0.2, 0) is 28.6 Å². The molecule has 77 heavy (non-hydrogen) atoms. The highest BCUT2D eigenvalue weighted by atomic mass is 16.6. The molecule has 0 aromatic heterocycles. The topological polar surface area (TPSA) is 78.9 Å². The summed E-state index contributed by atoms with van der Waals surface area (Å²) in [5.74, 6) is -0.878. The lowest BCUT2D eigenvalue weighted by atomic mass is 10.0. The van der Waals surface area contributed by atoms with Gasteiger partial charge in [0.15, 0.2) is 6.10 Å². The summed E-state index contributed by atoms with van der Waals surface area (Å²) in [6.07, 6.45) is 86.0. The van der Waals surface area contributed by atoms with Gasteiger partial charge in [0, 0.05) is 19.3 Å². The first-order chi connectivity index (χ1) is 38.0. The van der Waals surface area contributed by atoms with Crippen LogP contribution in [0.4, 0.5) is 0 Å². The molecule has 444 valence electrons. The lowest BCUT2D eigenvalue weighted by Crippen LogP contribution is -2.30. The molecule has 0 aromatic carbocycles. The Morgan fingerprint density at radius 3 is 0.792 bits per heavy atom. The van der Waals surface area contributed by atoms with Crippen LogP contribution in [0, 0.1) is 0 Å². The standard InChI is InChI=1S/C71H124O6/c1-4-7-10-13-16-19-22-24-26-28-30-32-33-34-35-36-37-39-40-42-44-46-49-52-55-58-61-64-70(73)76-67-68(66-75-69(72)63-60-57-54-51-48-21-18-15-12-9-6-3)77-71(74)65-62-59-56-53-50-47-45-43-41-38-31-29-27-25-23-20-17-14-11-8-5-2/h7,10,16,19,23-26,29-32,41,43,68H,4-6,8-9,11-15,17-18,20-22,27-28,33-40,42,44-67H2,1-3H3/b10-7-,19-16-,25-23-,26-24-,31-29-,32-30-,43-41-. The Hall–Kier alpha value is -3.41. The van der Waals surface area contributed by atoms with E-state index in [4.69, 9.17) is 14.2 Å². The molecule has 0 aliphatic heterocycles. The van der Waals surface area contributed by atoms with Crippen molar-refractivity contribution in [3.05, 3.63) is 85.1 Å². The third kappa shape index (κ3) is 63.3. The molecule has 6 nitrogen and oxygen atoms in total. The van der Waals surface area contributed by atoms with E-state index < -0.39 is 6.10 Å². The van der Waals surface area contributed by atoms with E-state index in [1.54, 1.807) is 0 Å². The molecular weight excluding hydrogens is 949 g/mol. The maximum absolute atomic E-state index is 12.9. The van der Waals surface area contributed by atoms with Gasteiger partial charge in [0.05, 0.1) is 0 Å². The van der Waals surface area contributed by atoms with Crippen LogP contribution in [0.2, 0.25) is 0 Å². The lowest BCUT2D eigenvalue weighted by molar-refractivity contribution is -0.167. The third-order valence-electron chi connectivity index (χ3n) is 14.4. The summed E-state index contributed by atoms with van der Waals surface area (Å²) in [6, 6.07) is 0. The van der Waals surface area contributed by atoms with E-state index in [1.165, 1.54) is 180 Å². The van der Waals surface area contributed by atoms with E-state index >= 15 is 0 Å². The number of hydrogen-bond donors (Lipinski definition) is 0. The van der Waals surface area contributed by atoms with E-state index in [0.717, 1.165) is 109 Å². The number of esters is 3. The fraction of sp³-hybridized carbons (Fsp3) is 0.761. The van der Waals surface area contributed by atoms with Crippen LogP contribution in [0.3, 0.4) is 0 Å². The number of unbranched alkanes of at least 4 members (excludes halogenated alkanes) is 35. The number of carbonyl (C=O) groups is 3. The van der Waals surface area contributed by atoms with Gasteiger partial charge in [-0.05, 0) is 96.3 Å². The van der Waals surface area contributed by atoms with Gasteiger partial charge in [0.25, 0.3) is 0 Å². The van der Waals surface area contributed by atoms with Crippen LogP contribution in [0.15, 0.2) is 85.1 Å². The van der Waals surface area contributed by atoms with Gasteiger partial charge in [0.1, 0.15) is 13.2 Å². The zero-order chi connectivity index (χ0) is 55.7. The van der Waals surface area contributed by atoms with Gasteiger partial charge in [-0.2, -0.15) is 0 Å². The molecule has 0 bridgehead atoms. The quantitative estimate of drug-likeness (QED) is 0.0261. The highest BCUT2D eigenvalue weighted by Crippen LogP contribution is 2.17. The molecule has 0 radical (unpaired) electrons. The molecule has 0 aliphatic carbocycles. The Balaban J connectivity index is 4.26. The number of allylic oxidation sites excluding steroid dienone is 14. The summed E-state index contributed by atoms with van der Waals surface area (Å²) >= 11 is 0. The highest BCUT2D eigenvalue weighted by Gasteiger charge is 2.19. The maximum Gasteiger partial charge on any atom is 0.306 e. The number of hydrogen-bond acceptors (Lipinski definition) is 6. The fourth-order valence-electron chi connectivity index (χ4n) is 9.44. The minimum absolute atomic E-state index is 0.0783. The summed E-state index contributed by atoms with van der Waals surface area (Å²) in [4.78, 5) is 38.3. The SMILES string of the molecule is CC/C=C\C/C=C\C/C=C\C/C=C\CCCCCCCCCCCCCCCCC(=O)OCC(COC(=O)CCCCCCCCCCCCC)OC(=O)CCCCCCCC/C=C\C/C=C\C/C=C\CCCCCCC. The predicted molar refractivity (Wildman–Crippen MR) is 334 cm³/mol. The lowest BCUT2D eigenvalue weighted by Gasteiger charge is -2.18. The summed E-state index contributed by atoms with van der Waals surface area (Å²) in [6.45, 7) is 6.53. The summed E-state index contributed by atoms with van der Waals surface area (Å²) < 4.78 is 16.9. The van der Waals surface area contributed by atoms with Crippen molar-refractivity contribution >= 4 is 17.9 Å². The van der Waals surface area contributed by atoms with Gasteiger partial charge < -0.3 is 14.2 Å². The Labute approximate surface area is 477 Å². The van der Waals surface area contributed by atoms with Gasteiger partial charge in [-0.1, -0.05) is 298 Å². The van der Waals surface area contributed by atoms with Crippen LogP contribution >= 0.6 is 0 Å². The van der Waals surface area contributed by atoms with Crippen molar-refractivity contribution in [2.45, 2.75) is 335 Å². The molecule has 1 unspecified atom stereocenters. The van der Waals surface area contributed by atoms with E-state index in [1.807, 2.05) is 0 Å². The first kappa shape index (κ1) is 73.6. The molecule has 0 spiro atoms. The molecule has 0 heterocycles. The van der Waals surface area contributed by atoms with Crippen LogP contribution < -0.4 is 0 Å². The van der Waals surface area contributed by atoms with Crippen molar-refractivity contribution in [1.29, 1.82) is 0 Å². The van der Waals surface area contributed by atoms with Crippen molar-refractivity contribution in [1.82, 2.24) is 0 Å². The van der Waals surface area contributed by atoms with Crippen LogP contribution in [0.5, 0.6) is 0 Å². The minimum atomic E-state index is -0.782. The molecule has 0 amide bonds. The molecule has 0 saturated heterocycles. The zero-order valence-electron chi connectivity index (χ0n) is 51.0. The second-order valence-electron chi connectivity index (χ2n) is 22.0. The monoisotopic (exact) mass is 1070 g/mol.